The molecule has 0 aliphatic heterocycles. The van der Waals surface area contributed by atoms with Crippen LogP contribution in [-0.2, 0) is 5.60 Å². The van der Waals surface area contributed by atoms with Gasteiger partial charge in [-0.3, -0.25) is 0 Å². The molecule has 0 aliphatic carbocycles. The Morgan fingerprint density at radius 1 is 1.17 bits per heavy atom. The zero-order valence-electron chi connectivity index (χ0n) is 11.4. The van der Waals surface area contributed by atoms with Crippen LogP contribution in [0.25, 0.3) is 0 Å². The lowest BCUT2D eigenvalue weighted by Gasteiger charge is -2.24. The van der Waals surface area contributed by atoms with E-state index in [9.17, 15) is 9.50 Å². The van der Waals surface area contributed by atoms with E-state index in [-0.39, 0.29) is 0 Å². The first-order valence-corrected chi connectivity index (χ1v) is 6.74. The minimum absolute atomic E-state index is 0.358. The van der Waals surface area contributed by atoms with Crippen molar-refractivity contribution < 1.29 is 9.50 Å². The summed E-state index contributed by atoms with van der Waals surface area (Å²) >= 11 is 0. The summed E-state index contributed by atoms with van der Waals surface area (Å²) in [7, 11) is 0. The Morgan fingerprint density at radius 3 is 2.44 bits per heavy atom. The molecule has 1 atom stereocenters. The number of benzene rings is 1. The third-order valence-corrected chi connectivity index (χ3v) is 3.31. The van der Waals surface area contributed by atoms with E-state index >= 15 is 0 Å². The lowest BCUT2D eigenvalue weighted by atomic mass is 9.89. The smallest absolute Gasteiger partial charge is 0.125 e. The lowest BCUT2D eigenvalue weighted by molar-refractivity contribution is 0.0446. The molecule has 3 N–H and O–H groups in total. The Kier molecular flexibility index (Phi) is 5.60. The molecule has 0 bridgehead atoms. The van der Waals surface area contributed by atoms with E-state index in [4.69, 9.17) is 5.73 Å². The molecule has 1 unspecified atom stereocenters. The predicted molar refractivity (Wildman–Crippen MR) is 73.8 cm³/mol. The molecule has 0 saturated carbocycles. The number of aliphatic hydroxyl groups is 1. The first-order valence-electron chi connectivity index (χ1n) is 6.74. The van der Waals surface area contributed by atoms with Gasteiger partial charge in [0.2, 0.25) is 0 Å². The fraction of sp³-hybridized carbons (Fsp3) is 0.600. The van der Waals surface area contributed by atoms with Gasteiger partial charge in [0.25, 0.3) is 0 Å². The highest BCUT2D eigenvalue weighted by Gasteiger charge is 2.23. The van der Waals surface area contributed by atoms with Gasteiger partial charge in [0.1, 0.15) is 5.82 Å². The molecule has 0 spiro atoms. The van der Waals surface area contributed by atoms with E-state index in [1.54, 1.807) is 13.0 Å². The zero-order valence-corrected chi connectivity index (χ0v) is 11.4. The maximum absolute atomic E-state index is 13.3. The van der Waals surface area contributed by atoms with E-state index in [2.05, 4.69) is 6.92 Å². The van der Waals surface area contributed by atoms with Gasteiger partial charge in [-0.15, -0.1) is 0 Å². The molecule has 0 radical (unpaired) electrons. The quantitative estimate of drug-likeness (QED) is 0.570. The third kappa shape index (κ3) is 4.65. The zero-order chi connectivity index (χ0) is 13.6. The van der Waals surface area contributed by atoms with Crippen molar-refractivity contribution >= 4 is 5.69 Å². The van der Waals surface area contributed by atoms with E-state index in [1.165, 1.54) is 31.4 Å². The van der Waals surface area contributed by atoms with Crippen LogP contribution in [0.1, 0.15) is 57.9 Å². The standard InChI is InChI=1S/C15H24FNO/c1-3-4-5-6-7-8-15(2,18)12-9-13(16)11-14(17)10-12/h9-11,18H,3-8,17H2,1-2H3. The highest BCUT2D eigenvalue weighted by atomic mass is 19.1. The van der Waals surface area contributed by atoms with Gasteiger partial charge in [-0.05, 0) is 37.1 Å². The number of rotatable bonds is 7. The largest absolute Gasteiger partial charge is 0.399 e. The molecule has 3 heteroatoms. The first-order chi connectivity index (χ1) is 8.45. The second kappa shape index (κ2) is 6.74. The molecule has 102 valence electrons. The SMILES string of the molecule is CCCCCCCC(C)(O)c1cc(N)cc(F)c1. The van der Waals surface area contributed by atoms with Gasteiger partial charge >= 0.3 is 0 Å². The Morgan fingerprint density at radius 2 is 1.83 bits per heavy atom. The average Bonchev–Trinajstić information content (AvgIpc) is 2.27. The van der Waals surface area contributed by atoms with E-state index < -0.39 is 11.4 Å². The Bertz CT molecular complexity index is 357. The van der Waals surface area contributed by atoms with Crippen LogP contribution in [0.5, 0.6) is 0 Å². The summed E-state index contributed by atoms with van der Waals surface area (Å²) in [4.78, 5) is 0. The predicted octanol–water partition coefficient (Wildman–Crippen LogP) is 3.98. The van der Waals surface area contributed by atoms with Gasteiger partial charge in [-0.2, -0.15) is 0 Å². The third-order valence-electron chi connectivity index (χ3n) is 3.31. The minimum atomic E-state index is -0.998. The van der Waals surface area contributed by atoms with E-state index in [0.29, 0.717) is 17.7 Å². The summed E-state index contributed by atoms with van der Waals surface area (Å²) in [6.07, 6.45) is 6.32. The molecule has 0 fully saturated rings. The molecule has 0 amide bonds. The van der Waals surface area contributed by atoms with Gasteiger partial charge in [-0.25, -0.2) is 4.39 Å². The van der Waals surface area contributed by atoms with Gasteiger partial charge in [0, 0.05) is 5.69 Å². The molecule has 0 saturated heterocycles. The lowest BCUT2D eigenvalue weighted by Crippen LogP contribution is -2.21. The van der Waals surface area contributed by atoms with Crippen molar-refractivity contribution in [3.63, 3.8) is 0 Å². The van der Waals surface area contributed by atoms with Crippen LogP contribution in [-0.4, -0.2) is 5.11 Å². The average molecular weight is 253 g/mol. The van der Waals surface area contributed by atoms with Crippen molar-refractivity contribution in [3.8, 4) is 0 Å². The van der Waals surface area contributed by atoms with E-state index in [0.717, 1.165) is 12.8 Å². The van der Waals surface area contributed by atoms with Crippen LogP contribution in [0.3, 0.4) is 0 Å². The maximum atomic E-state index is 13.3. The molecular formula is C15H24FNO. The highest BCUT2D eigenvalue weighted by molar-refractivity contribution is 5.43. The number of nitrogens with two attached hydrogens (primary N) is 1. The van der Waals surface area contributed by atoms with Crippen molar-refractivity contribution in [2.24, 2.45) is 0 Å². The molecule has 1 rings (SSSR count). The Hall–Kier alpha value is -1.09. The Balaban J connectivity index is 2.56. The molecule has 0 aliphatic rings. The summed E-state index contributed by atoms with van der Waals surface area (Å²) in [5.41, 5.74) is 5.52. The van der Waals surface area contributed by atoms with Crippen molar-refractivity contribution in [1.29, 1.82) is 0 Å². The summed E-state index contributed by atoms with van der Waals surface area (Å²) < 4.78 is 13.3. The number of hydrogen-bond donors (Lipinski definition) is 2. The second-order valence-corrected chi connectivity index (χ2v) is 5.21. The van der Waals surface area contributed by atoms with Gasteiger partial charge in [0.05, 0.1) is 5.60 Å². The summed E-state index contributed by atoms with van der Waals surface area (Å²) in [6.45, 7) is 3.90. The molecular weight excluding hydrogens is 229 g/mol. The number of nitrogen functional groups attached to an aromatic ring is 1. The van der Waals surface area contributed by atoms with Crippen molar-refractivity contribution in [1.82, 2.24) is 0 Å². The highest BCUT2D eigenvalue weighted by Crippen LogP contribution is 2.29. The first kappa shape index (κ1) is 15.0. The summed E-state index contributed by atoms with van der Waals surface area (Å²) in [5, 5.41) is 10.4. The van der Waals surface area contributed by atoms with Gasteiger partial charge in [-0.1, -0.05) is 39.0 Å². The van der Waals surface area contributed by atoms with Gasteiger partial charge < -0.3 is 10.8 Å². The van der Waals surface area contributed by atoms with Crippen LogP contribution >= 0.6 is 0 Å². The maximum Gasteiger partial charge on any atom is 0.125 e. The van der Waals surface area contributed by atoms with Crippen molar-refractivity contribution in [2.75, 3.05) is 5.73 Å². The van der Waals surface area contributed by atoms with Crippen LogP contribution in [0, 0.1) is 5.82 Å². The minimum Gasteiger partial charge on any atom is -0.399 e. The topological polar surface area (TPSA) is 46.2 Å². The monoisotopic (exact) mass is 253 g/mol. The van der Waals surface area contributed by atoms with Crippen molar-refractivity contribution in [3.05, 3.63) is 29.6 Å². The summed E-state index contributed by atoms with van der Waals surface area (Å²) in [6, 6.07) is 4.28. The number of anilines is 1. The van der Waals surface area contributed by atoms with Crippen LogP contribution in [0.2, 0.25) is 0 Å². The van der Waals surface area contributed by atoms with Crippen molar-refractivity contribution in [2.45, 2.75) is 58.0 Å². The van der Waals surface area contributed by atoms with Gasteiger partial charge in [0.15, 0.2) is 0 Å². The molecule has 0 heterocycles. The normalized spacial score (nSPS) is 14.4. The molecule has 18 heavy (non-hydrogen) atoms. The summed E-state index contributed by atoms with van der Waals surface area (Å²) in [5.74, 6) is -0.392. The number of unbranched alkanes of at least 4 members (excludes halogenated alkanes) is 4. The molecule has 1 aromatic carbocycles. The fourth-order valence-corrected chi connectivity index (χ4v) is 2.14. The van der Waals surface area contributed by atoms with Crippen LogP contribution in [0.15, 0.2) is 18.2 Å². The second-order valence-electron chi connectivity index (χ2n) is 5.21. The van der Waals surface area contributed by atoms with E-state index in [1.807, 2.05) is 0 Å². The van der Waals surface area contributed by atoms with Crippen LogP contribution < -0.4 is 5.73 Å². The molecule has 1 aromatic rings. The Labute approximate surface area is 109 Å². The molecule has 0 aromatic heterocycles. The number of hydrogen-bond acceptors (Lipinski definition) is 2. The fourth-order valence-electron chi connectivity index (χ4n) is 2.14. The van der Waals surface area contributed by atoms with Crippen LogP contribution in [0.4, 0.5) is 10.1 Å². The molecule has 2 nitrogen and oxygen atoms in total. The number of halogens is 1.